The first-order valence-corrected chi connectivity index (χ1v) is 9.43. The first kappa shape index (κ1) is 18.4. The summed E-state index contributed by atoms with van der Waals surface area (Å²) in [6.45, 7) is 7.03. The van der Waals surface area contributed by atoms with E-state index in [9.17, 15) is 13.2 Å². The molecule has 1 saturated heterocycles. The van der Waals surface area contributed by atoms with Crippen molar-refractivity contribution in [3.8, 4) is 0 Å². The van der Waals surface area contributed by atoms with Gasteiger partial charge in [0.25, 0.3) is 0 Å². The molecule has 1 aliphatic heterocycles. The number of rotatable bonds is 7. The van der Waals surface area contributed by atoms with Crippen molar-refractivity contribution in [3.05, 3.63) is 0 Å². The lowest BCUT2D eigenvalue weighted by molar-refractivity contribution is -0.126. The number of hydrogen-bond donors (Lipinski definition) is 2. The molecule has 21 heavy (non-hydrogen) atoms. The van der Waals surface area contributed by atoms with Gasteiger partial charge in [0.1, 0.15) is 0 Å². The smallest absolute Gasteiger partial charge is 0.223 e. The van der Waals surface area contributed by atoms with Crippen LogP contribution in [0.4, 0.5) is 0 Å². The summed E-state index contributed by atoms with van der Waals surface area (Å²) < 4.78 is 25.0. The van der Waals surface area contributed by atoms with Crippen molar-refractivity contribution in [2.24, 2.45) is 11.7 Å². The van der Waals surface area contributed by atoms with Gasteiger partial charge in [0.2, 0.25) is 15.9 Å². The van der Waals surface area contributed by atoms with Gasteiger partial charge in [-0.1, -0.05) is 13.8 Å². The predicted molar refractivity (Wildman–Crippen MR) is 84.3 cm³/mol. The number of amides is 1. The van der Waals surface area contributed by atoms with Crippen LogP contribution in [0, 0.1) is 5.92 Å². The number of sulfonamides is 1. The summed E-state index contributed by atoms with van der Waals surface area (Å²) in [7, 11) is -3.13. The Balaban J connectivity index is 2.46. The fourth-order valence-electron chi connectivity index (χ4n) is 2.49. The van der Waals surface area contributed by atoms with Crippen molar-refractivity contribution in [1.82, 2.24) is 9.62 Å². The number of carbonyl (C=O) groups excluding carboxylic acids is 1. The number of carbonyl (C=O) groups is 1. The van der Waals surface area contributed by atoms with Crippen molar-refractivity contribution in [1.29, 1.82) is 0 Å². The molecular formula is C14H29N3O3S. The van der Waals surface area contributed by atoms with Crippen LogP contribution in [0.3, 0.4) is 0 Å². The van der Waals surface area contributed by atoms with Crippen LogP contribution in [0.2, 0.25) is 0 Å². The number of piperidine rings is 1. The van der Waals surface area contributed by atoms with Crippen molar-refractivity contribution in [2.75, 3.05) is 25.4 Å². The molecule has 0 aliphatic carbocycles. The topological polar surface area (TPSA) is 92.5 Å². The van der Waals surface area contributed by atoms with Crippen LogP contribution < -0.4 is 11.1 Å². The van der Waals surface area contributed by atoms with Crippen LogP contribution in [0.15, 0.2) is 0 Å². The Kier molecular flexibility index (Phi) is 6.62. The maximum Gasteiger partial charge on any atom is 0.223 e. The first-order chi connectivity index (χ1) is 9.78. The van der Waals surface area contributed by atoms with E-state index in [1.807, 2.05) is 13.8 Å². The van der Waals surface area contributed by atoms with Gasteiger partial charge in [-0.15, -0.1) is 0 Å². The molecule has 0 unspecified atom stereocenters. The van der Waals surface area contributed by atoms with E-state index in [1.54, 1.807) is 6.92 Å². The summed E-state index contributed by atoms with van der Waals surface area (Å²) in [5.41, 5.74) is 5.82. The molecule has 0 aromatic heterocycles. The normalized spacial score (nSPS) is 18.7. The van der Waals surface area contributed by atoms with E-state index in [1.165, 1.54) is 4.31 Å². The second-order valence-corrected chi connectivity index (χ2v) is 8.12. The van der Waals surface area contributed by atoms with Gasteiger partial charge in [-0.25, -0.2) is 12.7 Å². The Morgan fingerprint density at radius 3 is 2.19 bits per heavy atom. The molecule has 0 aromatic rings. The van der Waals surface area contributed by atoms with Crippen molar-refractivity contribution < 1.29 is 13.2 Å². The lowest BCUT2D eigenvalue weighted by Crippen LogP contribution is -2.51. The molecule has 0 radical (unpaired) electrons. The van der Waals surface area contributed by atoms with Gasteiger partial charge < -0.3 is 11.1 Å². The molecule has 7 heteroatoms. The highest BCUT2D eigenvalue weighted by molar-refractivity contribution is 7.89. The molecular weight excluding hydrogens is 290 g/mol. The standard InChI is InChI=1S/C14H29N3O3S/c1-4-14(15,5-2)11-16-13(18)12-7-9-17(10-8-12)21(19,20)6-3/h12H,4-11,15H2,1-3H3,(H,16,18). The summed E-state index contributed by atoms with van der Waals surface area (Å²) in [5.74, 6) is 0.0126. The third-order valence-electron chi connectivity index (χ3n) is 4.61. The number of hydrogen-bond acceptors (Lipinski definition) is 4. The summed E-state index contributed by atoms with van der Waals surface area (Å²) in [6, 6.07) is 0. The number of nitrogens with one attached hydrogen (secondary N) is 1. The van der Waals surface area contributed by atoms with Gasteiger partial charge in [-0.2, -0.15) is 0 Å². The van der Waals surface area contributed by atoms with Crippen LogP contribution in [0.1, 0.15) is 46.5 Å². The average molecular weight is 319 g/mol. The lowest BCUT2D eigenvalue weighted by Gasteiger charge is -2.32. The van der Waals surface area contributed by atoms with Crippen molar-refractivity contribution >= 4 is 15.9 Å². The van der Waals surface area contributed by atoms with Crippen LogP contribution in [-0.4, -0.2) is 49.6 Å². The zero-order valence-electron chi connectivity index (χ0n) is 13.4. The fraction of sp³-hybridized carbons (Fsp3) is 0.929. The minimum Gasteiger partial charge on any atom is -0.354 e. The largest absolute Gasteiger partial charge is 0.354 e. The van der Waals surface area contributed by atoms with Gasteiger partial charge in [0, 0.05) is 31.1 Å². The Morgan fingerprint density at radius 2 is 1.76 bits per heavy atom. The molecule has 124 valence electrons. The molecule has 1 rings (SSSR count). The summed E-state index contributed by atoms with van der Waals surface area (Å²) in [6.07, 6.45) is 2.80. The minimum absolute atomic E-state index is 0.000251. The van der Waals surface area contributed by atoms with E-state index < -0.39 is 10.0 Å². The summed E-state index contributed by atoms with van der Waals surface area (Å²) in [4.78, 5) is 12.2. The monoisotopic (exact) mass is 319 g/mol. The zero-order chi connectivity index (χ0) is 16.1. The van der Waals surface area contributed by atoms with Crippen molar-refractivity contribution in [3.63, 3.8) is 0 Å². The quantitative estimate of drug-likeness (QED) is 0.722. The molecule has 0 atom stereocenters. The minimum atomic E-state index is -3.13. The molecule has 1 amide bonds. The molecule has 1 heterocycles. The van der Waals surface area contributed by atoms with E-state index >= 15 is 0 Å². The van der Waals surface area contributed by atoms with E-state index in [2.05, 4.69) is 5.32 Å². The Hall–Kier alpha value is -0.660. The highest BCUT2D eigenvalue weighted by Gasteiger charge is 2.31. The van der Waals surface area contributed by atoms with Gasteiger partial charge in [0.15, 0.2) is 0 Å². The average Bonchev–Trinajstić information content (AvgIpc) is 2.52. The van der Waals surface area contributed by atoms with Gasteiger partial charge in [-0.3, -0.25) is 4.79 Å². The van der Waals surface area contributed by atoms with E-state index in [0.717, 1.165) is 12.8 Å². The second-order valence-electron chi connectivity index (χ2n) is 5.86. The fourth-order valence-corrected chi connectivity index (χ4v) is 3.62. The van der Waals surface area contributed by atoms with Gasteiger partial charge in [0.05, 0.1) is 5.75 Å². The lowest BCUT2D eigenvalue weighted by atomic mass is 9.93. The van der Waals surface area contributed by atoms with Crippen LogP contribution in [-0.2, 0) is 14.8 Å². The Morgan fingerprint density at radius 1 is 1.24 bits per heavy atom. The maximum absolute atomic E-state index is 12.2. The molecule has 6 nitrogen and oxygen atoms in total. The molecule has 0 spiro atoms. The van der Waals surface area contributed by atoms with Crippen LogP contribution >= 0.6 is 0 Å². The second kappa shape index (κ2) is 7.56. The SMILES string of the molecule is CCC(N)(CC)CNC(=O)C1CCN(S(=O)(=O)CC)CC1. The summed E-state index contributed by atoms with van der Waals surface area (Å²) >= 11 is 0. The first-order valence-electron chi connectivity index (χ1n) is 7.82. The van der Waals surface area contributed by atoms with E-state index in [4.69, 9.17) is 5.73 Å². The molecule has 1 aliphatic rings. The third-order valence-corrected chi connectivity index (χ3v) is 6.49. The molecule has 0 aromatic carbocycles. The predicted octanol–water partition coefficient (Wildman–Crippen LogP) is 0.682. The van der Waals surface area contributed by atoms with E-state index in [-0.39, 0.29) is 23.1 Å². The van der Waals surface area contributed by atoms with Crippen LogP contribution in [0.25, 0.3) is 0 Å². The maximum atomic E-state index is 12.2. The van der Waals surface area contributed by atoms with Gasteiger partial charge >= 0.3 is 0 Å². The number of nitrogens with zero attached hydrogens (tertiary/aromatic N) is 1. The van der Waals surface area contributed by atoms with Crippen LogP contribution in [0.5, 0.6) is 0 Å². The van der Waals surface area contributed by atoms with E-state index in [0.29, 0.717) is 32.5 Å². The molecule has 0 saturated carbocycles. The molecule has 3 N–H and O–H groups in total. The molecule has 0 bridgehead atoms. The highest BCUT2D eigenvalue weighted by Crippen LogP contribution is 2.20. The summed E-state index contributed by atoms with van der Waals surface area (Å²) in [5, 5.41) is 2.93. The molecule has 1 fully saturated rings. The highest BCUT2D eigenvalue weighted by atomic mass is 32.2. The third kappa shape index (κ3) is 4.93. The van der Waals surface area contributed by atoms with Crippen molar-refractivity contribution in [2.45, 2.75) is 52.0 Å². The number of nitrogens with two attached hydrogens (primary N) is 1. The Bertz CT molecular complexity index is 438. The van der Waals surface area contributed by atoms with Gasteiger partial charge in [-0.05, 0) is 32.6 Å². The zero-order valence-corrected chi connectivity index (χ0v) is 14.2. The Labute approximate surface area is 128 Å².